The Balaban J connectivity index is 1.67. The van der Waals surface area contributed by atoms with Crippen LogP contribution in [0.4, 0.5) is 0 Å². The first-order valence-electron chi connectivity index (χ1n) is 7.35. The molecule has 0 radical (unpaired) electrons. The highest BCUT2D eigenvalue weighted by atomic mass is 16.5. The smallest absolute Gasteiger partial charge is 0.227 e. The molecule has 0 saturated heterocycles. The maximum Gasteiger partial charge on any atom is 0.227 e. The van der Waals surface area contributed by atoms with Crippen molar-refractivity contribution in [2.45, 2.75) is 31.7 Å². The highest BCUT2D eigenvalue weighted by Crippen LogP contribution is 2.39. The van der Waals surface area contributed by atoms with E-state index in [1.165, 1.54) is 0 Å². The Labute approximate surface area is 119 Å². The second-order valence-corrected chi connectivity index (χ2v) is 6.20. The van der Waals surface area contributed by atoms with Crippen LogP contribution in [0.5, 0.6) is 5.75 Å². The van der Waals surface area contributed by atoms with Crippen LogP contribution in [0.2, 0.25) is 0 Å². The number of hydrogen-bond acceptors (Lipinski definition) is 3. The van der Waals surface area contributed by atoms with Crippen molar-refractivity contribution < 1.29 is 9.53 Å². The van der Waals surface area contributed by atoms with Gasteiger partial charge in [-0.3, -0.25) is 4.79 Å². The van der Waals surface area contributed by atoms with Crippen LogP contribution in [0.15, 0.2) is 24.3 Å². The van der Waals surface area contributed by atoms with Crippen molar-refractivity contribution in [2.75, 3.05) is 13.2 Å². The van der Waals surface area contributed by atoms with Gasteiger partial charge >= 0.3 is 0 Å². The van der Waals surface area contributed by atoms with Crippen molar-refractivity contribution in [3.63, 3.8) is 0 Å². The number of carbonyl (C=O) groups excluding carboxylic acids is 1. The van der Waals surface area contributed by atoms with Crippen molar-refractivity contribution in [2.24, 2.45) is 17.6 Å². The van der Waals surface area contributed by atoms with Gasteiger partial charge in [0.1, 0.15) is 12.4 Å². The highest BCUT2D eigenvalue weighted by Gasteiger charge is 2.42. The van der Waals surface area contributed by atoms with Gasteiger partial charge in [0, 0.05) is 6.54 Å². The van der Waals surface area contributed by atoms with Gasteiger partial charge in [0.25, 0.3) is 0 Å². The zero-order chi connectivity index (χ0) is 14.2. The standard InChI is InChI=1S/C16H22N2O2/c1-16(10-17,13-6-7-13)18-15(19)12-8-11-4-2-3-5-14(11)20-9-12/h2-5,12-13H,6-10,17H2,1H3,(H,18,19). The minimum atomic E-state index is -0.256. The second kappa shape index (κ2) is 5.09. The van der Waals surface area contributed by atoms with Crippen LogP contribution in [0.25, 0.3) is 0 Å². The lowest BCUT2D eigenvalue weighted by atomic mass is 9.92. The van der Waals surface area contributed by atoms with Gasteiger partial charge in [0.05, 0.1) is 11.5 Å². The molecule has 1 aromatic rings. The Bertz CT molecular complexity index is 513. The predicted molar refractivity (Wildman–Crippen MR) is 77.5 cm³/mol. The summed E-state index contributed by atoms with van der Waals surface area (Å²) in [6.45, 7) is 3.00. The van der Waals surface area contributed by atoms with E-state index in [0.717, 1.165) is 30.6 Å². The average Bonchev–Trinajstić information content (AvgIpc) is 3.31. The molecule has 1 saturated carbocycles. The molecule has 2 unspecified atom stereocenters. The molecule has 1 heterocycles. The Hall–Kier alpha value is -1.55. The van der Waals surface area contributed by atoms with Crippen LogP contribution in [0.3, 0.4) is 0 Å². The maximum absolute atomic E-state index is 12.5. The number of ether oxygens (including phenoxy) is 1. The summed E-state index contributed by atoms with van der Waals surface area (Å²) in [5, 5.41) is 3.16. The lowest BCUT2D eigenvalue weighted by molar-refractivity contribution is -0.128. The summed E-state index contributed by atoms with van der Waals surface area (Å²) < 4.78 is 5.69. The van der Waals surface area contributed by atoms with E-state index in [0.29, 0.717) is 19.1 Å². The molecule has 4 nitrogen and oxygen atoms in total. The van der Waals surface area contributed by atoms with Gasteiger partial charge in [0.2, 0.25) is 5.91 Å². The Morgan fingerprint density at radius 2 is 2.20 bits per heavy atom. The first kappa shape index (κ1) is 13.4. The molecule has 2 atom stereocenters. The molecular formula is C16H22N2O2. The van der Waals surface area contributed by atoms with Gasteiger partial charge in [-0.15, -0.1) is 0 Å². The number of para-hydroxylation sites is 1. The minimum absolute atomic E-state index is 0.0688. The van der Waals surface area contributed by atoms with Gasteiger partial charge in [-0.05, 0) is 43.7 Å². The summed E-state index contributed by atoms with van der Waals surface area (Å²) >= 11 is 0. The molecule has 2 aliphatic rings. The SMILES string of the molecule is CC(CN)(NC(=O)C1COc2ccccc2C1)C1CC1. The third-order valence-corrected chi connectivity index (χ3v) is 4.56. The maximum atomic E-state index is 12.5. The summed E-state index contributed by atoms with van der Waals surface area (Å²) in [7, 11) is 0. The summed E-state index contributed by atoms with van der Waals surface area (Å²) in [5.41, 5.74) is 6.71. The van der Waals surface area contributed by atoms with Gasteiger partial charge in [-0.2, -0.15) is 0 Å². The number of fused-ring (bicyclic) bond motifs is 1. The van der Waals surface area contributed by atoms with Crippen LogP contribution in [-0.4, -0.2) is 24.6 Å². The number of rotatable bonds is 4. The van der Waals surface area contributed by atoms with Crippen molar-refractivity contribution in [1.29, 1.82) is 0 Å². The molecule has 3 N–H and O–H groups in total. The molecule has 1 amide bonds. The van der Waals surface area contributed by atoms with Crippen molar-refractivity contribution in [3.05, 3.63) is 29.8 Å². The first-order valence-corrected chi connectivity index (χ1v) is 7.35. The Morgan fingerprint density at radius 3 is 2.90 bits per heavy atom. The zero-order valence-electron chi connectivity index (χ0n) is 11.9. The molecule has 20 heavy (non-hydrogen) atoms. The number of nitrogens with two attached hydrogens (primary N) is 1. The number of nitrogens with one attached hydrogen (secondary N) is 1. The summed E-state index contributed by atoms with van der Waals surface area (Å²) in [6.07, 6.45) is 3.07. The summed E-state index contributed by atoms with van der Waals surface area (Å²) in [4.78, 5) is 12.5. The summed E-state index contributed by atoms with van der Waals surface area (Å²) in [6, 6.07) is 7.92. The van der Waals surface area contributed by atoms with Gasteiger partial charge < -0.3 is 15.8 Å². The van der Waals surface area contributed by atoms with Crippen molar-refractivity contribution in [3.8, 4) is 5.75 Å². The third-order valence-electron chi connectivity index (χ3n) is 4.56. The molecule has 1 fully saturated rings. The molecular weight excluding hydrogens is 252 g/mol. The lowest BCUT2D eigenvalue weighted by Crippen LogP contribution is -2.55. The molecule has 0 spiro atoms. The van der Waals surface area contributed by atoms with E-state index < -0.39 is 0 Å². The topological polar surface area (TPSA) is 64.3 Å². The fourth-order valence-electron chi connectivity index (χ4n) is 2.92. The second-order valence-electron chi connectivity index (χ2n) is 6.20. The van der Waals surface area contributed by atoms with Crippen LogP contribution < -0.4 is 15.8 Å². The number of benzene rings is 1. The average molecular weight is 274 g/mol. The highest BCUT2D eigenvalue weighted by molar-refractivity contribution is 5.80. The fraction of sp³-hybridized carbons (Fsp3) is 0.562. The quantitative estimate of drug-likeness (QED) is 0.874. The van der Waals surface area contributed by atoms with E-state index in [-0.39, 0.29) is 17.4 Å². The van der Waals surface area contributed by atoms with E-state index in [1.54, 1.807) is 0 Å². The predicted octanol–water partition coefficient (Wildman–Crippen LogP) is 1.48. The Morgan fingerprint density at radius 1 is 1.45 bits per heavy atom. The van der Waals surface area contributed by atoms with E-state index in [1.807, 2.05) is 24.3 Å². The first-order chi connectivity index (χ1) is 9.62. The van der Waals surface area contributed by atoms with Crippen LogP contribution in [-0.2, 0) is 11.2 Å². The van der Waals surface area contributed by atoms with Crippen LogP contribution in [0, 0.1) is 11.8 Å². The molecule has 1 aromatic carbocycles. The van der Waals surface area contributed by atoms with Crippen molar-refractivity contribution in [1.82, 2.24) is 5.32 Å². The minimum Gasteiger partial charge on any atom is -0.492 e. The lowest BCUT2D eigenvalue weighted by Gasteiger charge is -2.33. The molecule has 0 aromatic heterocycles. The van der Waals surface area contributed by atoms with Gasteiger partial charge in [-0.1, -0.05) is 18.2 Å². The van der Waals surface area contributed by atoms with E-state index in [4.69, 9.17) is 10.5 Å². The number of amides is 1. The van der Waals surface area contributed by atoms with E-state index >= 15 is 0 Å². The molecule has 3 rings (SSSR count). The monoisotopic (exact) mass is 274 g/mol. The fourth-order valence-corrected chi connectivity index (χ4v) is 2.92. The van der Waals surface area contributed by atoms with Crippen LogP contribution >= 0.6 is 0 Å². The zero-order valence-corrected chi connectivity index (χ0v) is 11.9. The molecule has 1 aliphatic carbocycles. The van der Waals surface area contributed by atoms with E-state index in [9.17, 15) is 4.79 Å². The van der Waals surface area contributed by atoms with Gasteiger partial charge in [0.15, 0.2) is 0 Å². The van der Waals surface area contributed by atoms with E-state index in [2.05, 4.69) is 12.2 Å². The van der Waals surface area contributed by atoms with Gasteiger partial charge in [-0.25, -0.2) is 0 Å². The third kappa shape index (κ3) is 2.52. The molecule has 0 bridgehead atoms. The Kier molecular flexibility index (Phi) is 3.42. The van der Waals surface area contributed by atoms with Crippen LogP contribution in [0.1, 0.15) is 25.3 Å². The largest absolute Gasteiger partial charge is 0.492 e. The summed E-state index contributed by atoms with van der Waals surface area (Å²) in [5.74, 6) is 1.39. The molecule has 4 heteroatoms. The normalized spacial score (nSPS) is 24.2. The number of carbonyl (C=O) groups is 1. The number of hydrogen-bond donors (Lipinski definition) is 2. The molecule has 1 aliphatic heterocycles. The van der Waals surface area contributed by atoms with Crippen molar-refractivity contribution >= 4 is 5.91 Å². The molecule has 108 valence electrons.